The molecule has 0 saturated carbocycles. The Kier molecular flexibility index (Phi) is 6.76. The zero-order chi connectivity index (χ0) is 21.0. The van der Waals surface area contributed by atoms with Gasteiger partial charge in [-0.1, -0.05) is 6.58 Å². The number of hydrogen-bond acceptors (Lipinski definition) is 6. The molecule has 0 bridgehead atoms. The van der Waals surface area contributed by atoms with E-state index >= 15 is 0 Å². The van der Waals surface area contributed by atoms with Gasteiger partial charge in [0.05, 0.1) is 17.7 Å². The smallest absolute Gasteiger partial charge is 0.266 e. The predicted molar refractivity (Wildman–Crippen MR) is 122 cm³/mol. The summed E-state index contributed by atoms with van der Waals surface area (Å²) in [6.45, 7) is 11.4. The first-order chi connectivity index (χ1) is 13.9. The van der Waals surface area contributed by atoms with Crippen molar-refractivity contribution in [1.29, 1.82) is 5.41 Å². The summed E-state index contributed by atoms with van der Waals surface area (Å²) in [6.07, 6.45) is 0. The van der Waals surface area contributed by atoms with Gasteiger partial charge in [0.15, 0.2) is 0 Å². The molecule has 1 saturated heterocycles. The minimum Gasteiger partial charge on any atom is -0.378 e. The van der Waals surface area contributed by atoms with Crippen molar-refractivity contribution in [2.75, 3.05) is 41.8 Å². The lowest BCUT2D eigenvalue weighted by atomic mass is 10.1. The normalized spacial score (nSPS) is 13.8. The predicted octanol–water partition coefficient (Wildman–Crippen LogP) is 3.85. The van der Waals surface area contributed by atoms with Gasteiger partial charge in [-0.25, -0.2) is 0 Å². The summed E-state index contributed by atoms with van der Waals surface area (Å²) in [5.41, 5.74) is 2.90. The lowest BCUT2D eigenvalue weighted by molar-refractivity contribution is 0.122. The van der Waals surface area contributed by atoms with Crippen LogP contribution in [-0.2, 0) is 11.3 Å². The monoisotopic (exact) mass is 459 g/mol. The lowest BCUT2D eigenvalue weighted by Crippen LogP contribution is -2.36. The van der Waals surface area contributed by atoms with Crippen molar-refractivity contribution in [3.05, 3.63) is 63.1 Å². The Morgan fingerprint density at radius 1 is 1.24 bits per heavy atom. The average Bonchev–Trinajstić information content (AvgIpc) is 2.72. The third-order valence-corrected chi connectivity index (χ3v) is 5.34. The van der Waals surface area contributed by atoms with Gasteiger partial charge in [0, 0.05) is 42.3 Å². The largest absolute Gasteiger partial charge is 0.378 e. The van der Waals surface area contributed by atoms with E-state index in [1.165, 1.54) is 0 Å². The van der Waals surface area contributed by atoms with Crippen LogP contribution in [0.4, 0.5) is 17.2 Å². The summed E-state index contributed by atoms with van der Waals surface area (Å²) in [5.74, 6) is 1.08. The Labute approximate surface area is 179 Å². The molecule has 2 heterocycles. The number of aromatic nitrogens is 1. The van der Waals surface area contributed by atoms with Crippen LogP contribution in [0.2, 0.25) is 0 Å². The van der Waals surface area contributed by atoms with Crippen LogP contribution < -0.4 is 21.1 Å². The van der Waals surface area contributed by atoms with Gasteiger partial charge in [-0.2, -0.15) is 0 Å². The van der Waals surface area contributed by atoms with E-state index in [1.807, 2.05) is 19.1 Å². The minimum absolute atomic E-state index is 0.150. The molecular formula is C21H26BrN5O2. The highest BCUT2D eigenvalue weighted by atomic mass is 79.9. The molecule has 1 aromatic heterocycles. The quantitative estimate of drug-likeness (QED) is 0.547. The summed E-state index contributed by atoms with van der Waals surface area (Å²) >= 11 is 3.29. The van der Waals surface area contributed by atoms with Crippen LogP contribution in [0.15, 0.2) is 52.0 Å². The van der Waals surface area contributed by atoms with E-state index in [0.29, 0.717) is 33.9 Å². The maximum Gasteiger partial charge on any atom is 0.266 e. The number of pyridine rings is 1. The molecule has 0 radical (unpaired) electrons. The molecular weight excluding hydrogens is 434 g/mol. The molecule has 0 amide bonds. The Morgan fingerprint density at radius 3 is 2.48 bits per heavy atom. The van der Waals surface area contributed by atoms with Gasteiger partial charge in [0.1, 0.15) is 11.6 Å². The second-order valence-corrected chi connectivity index (χ2v) is 7.66. The van der Waals surface area contributed by atoms with E-state index in [-0.39, 0.29) is 5.56 Å². The number of anilines is 3. The Balaban J connectivity index is 1.76. The molecule has 29 heavy (non-hydrogen) atoms. The maximum atomic E-state index is 12.5. The van der Waals surface area contributed by atoms with Crippen molar-refractivity contribution in [1.82, 2.24) is 4.57 Å². The highest BCUT2D eigenvalue weighted by Gasteiger charge is 2.15. The van der Waals surface area contributed by atoms with Crippen molar-refractivity contribution in [2.45, 2.75) is 20.4 Å². The molecule has 8 heteroatoms. The van der Waals surface area contributed by atoms with E-state index in [9.17, 15) is 4.79 Å². The second kappa shape index (κ2) is 9.28. The zero-order valence-corrected chi connectivity index (χ0v) is 18.3. The third-order valence-electron chi connectivity index (χ3n) is 4.77. The van der Waals surface area contributed by atoms with Crippen LogP contribution in [0.25, 0.3) is 0 Å². The van der Waals surface area contributed by atoms with Crippen LogP contribution in [-0.4, -0.2) is 36.6 Å². The van der Waals surface area contributed by atoms with Crippen LogP contribution in [0, 0.1) is 5.41 Å². The molecule has 154 valence electrons. The molecule has 0 atom stereocenters. The minimum atomic E-state index is -0.150. The molecule has 1 aliphatic heterocycles. The number of nitrogens with one attached hydrogen (secondary N) is 3. The van der Waals surface area contributed by atoms with Crippen molar-refractivity contribution in [3.8, 4) is 0 Å². The van der Waals surface area contributed by atoms with E-state index in [4.69, 9.17) is 10.1 Å². The SMILES string of the molecule is C=C(Nc1ccc(N2CCOCC2)cc1)Nc1c(C(C)=N)cc(Br)c(=O)n1CC. The van der Waals surface area contributed by atoms with Gasteiger partial charge >= 0.3 is 0 Å². The first-order valence-electron chi connectivity index (χ1n) is 9.55. The van der Waals surface area contributed by atoms with E-state index in [2.05, 4.69) is 50.2 Å². The summed E-state index contributed by atoms with van der Waals surface area (Å²) in [4.78, 5) is 14.8. The topological polar surface area (TPSA) is 82.4 Å². The molecule has 1 fully saturated rings. The number of hydrogen-bond donors (Lipinski definition) is 3. The molecule has 3 N–H and O–H groups in total. The fourth-order valence-corrected chi connectivity index (χ4v) is 3.72. The van der Waals surface area contributed by atoms with Crippen molar-refractivity contribution >= 4 is 38.8 Å². The van der Waals surface area contributed by atoms with Crippen LogP contribution in [0.1, 0.15) is 19.4 Å². The summed E-state index contributed by atoms with van der Waals surface area (Å²) < 4.78 is 7.42. The molecule has 1 aromatic carbocycles. The maximum absolute atomic E-state index is 12.5. The zero-order valence-electron chi connectivity index (χ0n) is 16.7. The highest BCUT2D eigenvalue weighted by molar-refractivity contribution is 9.10. The highest BCUT2D eigenvalue weighted by Crippen LogP contribution is 2.22. The first kappa shape index (κ1) is 21.1. The van der Waals surface area contributed by atoms with Gasteiger partial charge < -0.3 is 25.7 Å². The number of halogens is 1. The third kappa shape index (κ3) is 4.89. The number of benzene rings is 1. The number of morpholine rings is 1. The second-order valence-electron chi connectivity index (χ2n) is 6.80. The van der Waals surface area contributed by atoms with E-state index < -0.39 is 0 Å². The molecule has 0 aliphatic carbocycles. The fourth-order valence-electron chi connectivity index (χ4n) is 3.28. The van der Waals surface area contributed by atoms with Gasteiger partial charge in [-0.15, -0.1) is 0 Å². The van der Waals surface area contributed by atoms with Gasteiger partial charge in [-0.3, -0.25) is 9.36 Å². The number of ether oxygens (including phenoxy) is 1. The molecule has 7 nitrogen and oxygen atoms in total. The van der Waals surface area contributed by atoms with Crippen LogP contribution in [0.3, 0.4) is 0 Å². The fraction of sp³-hybridized carbons (Fsp3) is 0.333. The molecule has 2 aromatic rings. The van der Waals surface area contributed by atoms with Crippen molar-refractivity contribution in [3.63, 3.8) is 0 Å². The van der Waals surface area contributed by atoms with E-state index in [1.54, 1.807) is 17.6 Å². The van der Waals surface area contributed by atoms with Gasteiger partial charge in [-0.05, 0) is 60.1 Å². The van der Waals surface area contributed by atoms with Crippen molar-refractivity contribution < 1.29 is 4.74 Å². The average molecular weight is 460 g/mol. The lowest BCUT2D eigenvalue weighted by Gasteiger charge is -2.29. The Hall–Kier alpha value is -2.58. The van der Waals surface area contributed by atoms with Crippen molar-refractivity contribution in [2.24, 2.45) is 0 Å². The molecule has 1 aliphatic rings. The van der Waals surface area contributed by atoms with Gasteiger partial charge in [0.2, 0.25) is 0 Å². The van der Waals surface area contributed by atoms with Crippen LogP contribution >= 0.6 is 15.9 Å². The number of nitrogens with zero attached hydrogens (tertiary/aromatic N) is 2. The van der Waals surface area contributed by atoms with Gasteiger partial charge in [0.25, 0.3) is 5.56 Å². The molecule has 0 unspecified atom stereocenters. The summed E-state index contributed by atoms with van der Waals surface area (Å²) in [5, 5.41) is 14.5. The molecule has 3 rings (SSSR count). The Morgan fingerprint density at radius 2 is 1.90 bits per heavy atom. The van der Waals surface area contributed by atoms with Crippen LogP contribution in [0.5, 0.6) is 0 Å². The molecule has 0 spiro atoms. The van der Waals surface area contributed by atoms with E-state index in [0.717, 1.165) is 37.7 Å². The first-order valence-corrected chi connectivity index (χ1v) is 10.3. The number of rotatable bonds is 7. The summed E-state index contributed by atoms with van der Waals surface area (Å²) in [6, 6.07) is 9.79. The summed E-state index contributed by atoms with van der Waals surface area (Å²) in [7, 11) is 0. The standard InChI is InChI=1S/C21H26BrN5O2/c1-4-27-20(18(14(2)23)13-19(22)21(27)28)25-15(3)24-16-5-7-17(8-6-16)26-9-11-29-12-10-26/h5-8,13,23-25H,3-4,9-12H2,1-2H3. The Bertz CT molecular complexity index is 962.